The van der Waals surface area contributed by atoms with Crippen molar-refractivity contribution in [1.82, 2.24) is 0 Å². The number of hydrogen-bond donors (Lipinski definition) is 3. The normalized spacial score (nSPS) is 4.44. The summed E-state index contributed by atoms with van der Waals surface area (Å²) in [5.41, 5.74) is 9.39. The molecule has 0 aliphatic heterocycles. The second-order valence-electron chi connectivity index (χ2n) is 0.778. The zero-order valence-electron chi connectivity index (χ0n) is 5.03. The quantitative estimate of drug-likeness (QED) is 0.180. The van der Waals surface area contributed by atoms with E-state index in [1.54, 1.807) is 6.07 Å². The van der Waals surface area contributed by atoms with Crippen LogP contribution in [-0.4, -0.2) is 5.96 Å². The van der Waals surface area contributed by atoms with Crippen molar-refractivity contribution < 1.29 is 0 Å². The molecule has 0 unspecified atom stereocenters. The van der Waals surface area contributed by atoms with E-state index in [0.717, 1.165) is 0 Å². The predicted molar refractivity (Wildman–Crippen MR) is 38.5 cm³/mol. The molecule has 0 amide bonds. The molecule has 0 rings (SSSR count). The molecule has 0 spiro atoms. The fourth-order valence-electron chi connectivity index (χ4n) is 0. The highest BCUT2D eigenvalue weighted by molar-refractivity contribution is 5.85. The van der Waals surface area contributed by atoms with E-state index in [1.165, 1.54) is 6.92 Å². The van der Waals surface area contributed by atoms with Gasteiger partial charge >= 0.3 is 0 Å². The number of guanidine groups is 1. The largest absolute Gasteiger partial charge is 0.369 e. The van der Waals surface area contributed by atoms with Gasteiger partial charge in [-0.1, -0.05) is 0 Å². The minimum Gasteiger partial charge on any atom is -0.369 e. The number of rotatable bonds is 0. The number of halogens is 1. The number of nitrogens with zero attached hydrogens (tertiary/aromatic N) is 2. The Balaban J connectivity index is -0.0000000800. The van der Waals surface area contributed by atoms with Gasteiger partial charge in [0.1, 0.15) is 0 Å². The number of hydrogen-bond acceptors (Lipinski definition) is 3. The molecule has 0 aromatic rings. The smallest absolute Gasteiger partial charge is 0.208 e. The number of nitriles is 1. The molecule has 9 heavy (non-hydrogen) atoms. The Bertz CT molecular complexity index is 99.3. The molecule has 0 aromatic carbocycles. The van der Waals surface area contributed by atoms with Gasteiger partial charge in [-0.2, -0.15) is 5.26 Å². The van der Waals surface area contributed by atoms with E-state index >= 15 is 0 Å². The molecule has 6 heteroatoms. The van der Waals surface area contributed by atoms with E-state index in [0.29, 0.717) is 0 Å². The molecule has 0 radical (unpaired) electrons. The summed E-state index contributed by atoms with van der Waals surface area (Å²) in [5, 5.41) is 10.2. The van der Waals surface area contributed by atoms with Gasteiger partial charge in [-0.05, 0) is 0 Å². The molecule has 0 aliphatic rings. The molecular weight excluding hydrogens is 142 g/mol. The standard InChI is InChI=1S/C2H3N.CH6N4.ClH/c1-2-3;2-1(3)5-4;/h1H3;4H2,(H4,2,3,5);1H. The van der Waals surface area contributed by atoms with Crippen LogP contribution >= 0.6 is 12.4 Å². The van der Waals surface area contributed by atoms with Crippen LogP contribution in [0, 0.1) is 11.3 Å². The van der Waals surface area contributed by atoms with Crippen LogP contribution in [0.15, 0.2) is 5.10 Å². The van der Waals surface area contributed by atoms with Crippen LogP contribution in [0.3, 0.4) is 0 Å². The summed E-state index contributed by atoms with van der Waals surface area (Å²) in [6.45, 7) is 1.43. The summed E-state index contributed by atoms with van der Waals surface area (Å²) >= 11 is 0. The van der Waals surface area contributed by atoms with E-state index < -0.39 is 0 Å². The lowest BCUT2D eigenvalue weighted by Gasteiger charge is -1.76. The van der Waals surface area contributed by atoms with Crippen LogP contribution < -0.4 is 17.3 Å². The molecule has 0 saturated carbocycles. The van der Waals surface area contributed by atoms with Gasteiger partial charge in [-0.3, -0.25) is 0 Å². The minimum absolute atomic E-state index is 0. The zero-order chi connectivity index (χ0) is 6.99. The minimum atomic E-state index is -0.0926. The molecule has 0 fully saturated rings. The van der Waals surface area contributed by atoms with Gasteiger partial charge in [0, 0.05) is 6.92 Å². The third-order valence-corrected chi connectivity index (χ3v) is 0.149. The third kappa shape index (κ3) is 223. The average Bonchev–Trinajstić information content (AvgIpc) is 1.69. The molecule has 0 heterocycles. The van der Waals surface area contributed by atoms with Gasteiger partial charge in [0.15, 0.2) is 0 Å². The van der Waals surface area contributed by atoms with Crippen LogP contribution in [0.25, 0.3) is 0 Å². The molecule has 6 N–H and O–H groups in total. The van der Waals surface area contributed by atoms with E-state index in [9.17, 15) is 0 Å². The Morgan fingerprint density at radius 1 is 1.56 bits per heavy atom. The van der Waals surface area contributed by atoms with Crippen molar-refractivity contribution in [3.63, 3.8) is 0 Å². The predicted octanol–water partition coefficient (Wildman–Crippen LogP) is -0.915. The van der Waals surface area contributed by atoms with Crippen LogP contribution in [0.5, 0.6) is 0 Å². The van der Waals surface area contributed by atoms with Gasteiger partial charge in [0.25, 0.3) is 0 Å². The highest BCUT2D eigenvalue weighted by atomic mass is 35.5. The summed E-state index contributed by atoms with van der Waals surface area (Å²) in [5.74, 6) is 4.42. The van der Waals surface area contributed by atoms with Crippen molar-refractivity contribution in [3.05, 3.63) is 0 Å². The van der Waals surface area contributed by atoms with Crippen LogP contribution in [0.4, 0.5) is 0 Å². The Labute approximate surface area is 59.9 Å². The number of nitrogens with two attached hydrogens (primary N) is 3. The molecule has 0 aliphatic carbocycles. The van der Waals surface area contributed by atoms with Crippen molar-refractivity contribution in [2.24, 2.45) is 22.4 Å². The van der Waals surface area contributed by atoms with Crippen molar-refractivity contribution in [1.29, 1.82) is 5.26 Å². The van der Waals surface area contributed by atoms with E-state index in [4.69, 9.17) is 16.7 Å². The highest BCUT2D eigenvalue weighted by Crippen LogP contribution is 1.31. The first-order valence-electron chi connectivity index (χ1n) is 1.78. The fourth-order valence-corrected chi connectivity index (χ4v) is 0. The van der Waals surface area contributed by atoms with Gasteiger partial charge in [0.05, 0.1) is 6.07 Å². The topological polar surface area (TPSA) is 114 Å². The monoisotopic (exact) mass is 151 g/mol. The van der Waals surface area contributed by atoms with Crippen LogP contribution in [0.1, 0.15) is 6.92 Å². The Morgan fingerprint density at radius 3 is 1.67 bits per heavy atom. The Kier molecular flexibility index (Phi) is 27.5. The molecule has 0 bridgehead atoms. The van der Waals surface area contributed by atoms with Crippen LogP contribution in [-0.2, 0) is 0 Å². The van der Waals surface area contributed by atoms with Gasteiger partial charge in [-0.25, -0.2) is 0 Å². The summed E-state index contributed by atoms with van der Waals surface area (Å²) in [4.78, 5) is 0. The Hall–Kier alpha value is -1.15. The molecule has 54 valence electrons. The van der Waals surface area contributed by atoms with E-state index in [1.807, 2.05) is 0 Å². The van der Waals surface area contributed by atoms with Crippen molar-refractivity contribution in [2.75, 3.05) is 0 Å². The van der Waals surface area contributed by atoms with Gasteiger partial charge in [0.2, 0.25) is 5.96 Å². The number of hydrazone groups is 1. The summed E-state index contributed by atoms with van der Waals surface area (Å²) in [6, 6.07) is 1.75. The summed E-state index contributed by atoms with van der Waals surface area (Å²) in [6.07, 6.45) is 0. The second kappa shape index (κ2) is 15.8. The maximum absolute atomic E-state index is 7.32. The summed E-state index contributed by atoms with van der Waals surface area (Å²) < 4.78 is 0. The highest BCUT2D eigenvalue weighted by Gasteiger charge is 1.62. The first kappa shape index (κ1) is 15.7. The second-order valence-corrected chi connectivity index (χ2v) is 0.778. The van der Waals surface area contributed by atoms with Crippen molar-refractivity contribution in [3.8, 4) is 6.07 Å². The lowest BCUT2D eigenvalue weighted by Crippen LogP contribution is -2.23. The van der Waals surface area contributed by atoms with E-state index in [2.05, 4.69) is 10.9 Å². The van der Waals surface area contributed by atoms with Crippen LogP contribution in [0.2, 0.25) is 0 Å². The first-order valence-corrected chi connectivity index (χ1v) is 1.78. The molecule has 0 saturated heterocycles. The lowest BCUT2D eigenvalue weighted by molar-refractivity contribution is 1.21. The third-order valence-electron chi connectivity index (χ3n) is 0.149. The maximum Gasteiger partial charge on any atom is 0.208 e. The maximum atomic E-state index is 7.32. The van der Waals surface area contributed by atoms with Gasteiger partial charge in [-0.15, -0.1) is 17.5 Å². The first-order chi connectivity index (χ1) is 3.68. The molecule has 5 nitrogen and oxygen atoms in total. The SMILES string of the molecule is CC#N.Cl.NN=C(N)N. The zero-order valence-corrected chi connectivity index (χ0v) is 5.85. The molecular formula is C3H10ClN5. The van der Waals surface area contributed by atoms with Crippen molar-refractivity contribution in [2.45, 2.75) is 6.92 Å². The van der Waals surface area contributed by atoms with Gasteiger partial charge < -0.3 is 17.3 Å². The Morgan fingerprint density at radius 2 is 1.67 bits per heavy atom. The fraction of sp³-hybridized carbons (Fsp3) is 0.333. The van der Waals surface area contributed by atoms with E-state index in [-0.39, 0.29) is 18.4 Å². The summed E-state index contributed by atoms with van der Waals surface area (Å²) in [7, 11) is 0. The lowest BCUT2D eigenvalue weighted by atomic mass is 11.0. The van der Waals surface area contributed by atoms with Crippen molar-refractivity contribution >= 4 is 18.4 Å². The molecule has 0 aromatic heterocycles. The average molecular weight is 152 g/mol. The molecule has 0 atom stereocenters.